The van der Waals surface area contributed by atoms with Crippen LogP contribution in [0.1, 0.15) is 44.3 Å². The zero-order valence-corrected chi connectivity index (χ0v) is 11.3. The van der Waals surface area contributed by atoms with Crippen LogP contribution in [0.2, 0.25) is 0 Å². The van der Waals surface area contributed by atoms with Gasteiger partial charge in [-0.1, -0.05) is 19.0 Å². The molecule has 0 unspecified atom stereocenters. The van der Waals surface area contributed by atoms with Gasteiger partial charge in [-0.25, -0.2) is 4.79 Å². The minimum absolute atomic E-state index is 0.199. The Hall–Kier alpha value is -1.63. The van der Waals surface area contributed by atoms with E-state index in [0.717, 1.165) is 12.8 Å². The van der Waals surface area contributed by atoms with E-state index < -0.39 is 6.10 Å². The van der Waals surface area contributed by atoms with E-state index in [0.29, 0.717) is 24.8 Å². The van der Waals surface area contributed by atoms with Gasteiger partial charge in [-0.05, 0) is 12.8 Å². The molecule has 1 fully saturated rings. The quantitative estimate of drug-likeness (QED) is 0.848. The lowest BCUT2D eigenvalue weighted by atomic mass is 10.1. The second kappa shape index (κ2) is 6.01. The van der Waals surface area contributed by atoms with E-state index in [1.54, 1.807) is 4.90 Å². The molecule has 0 saturated carbocycles. The van der Waals surface area contributed by atoms with Crippen molar-refractivity contribution >= 4 is 6.03 Å². The van der Waals surface area contributed by atoms with Gasteiger partial charge in [-0.2, -0.15) is 4.98 Å². The summed E-state index contributed by atoms with van der Waals surface area (Å²) >= 11 is 0. The zero-order valence-electron chi connectivity index (χ0n) is 11.3. The van der Waals surface area contributed by atoms with Crippen molar-refractivity contribution in [3.8, 4) is 0 Å². The fourth-order valence-corrected chi connectivity index (χ4v) is 1.98. The minimum atomic E-state index is -0.421. The van der Waals surface area contributed by atoms with E-state index in [1.165, 1.54) is 0 Å². The molecule has 0 spiro atoms. The number of aliphatic hydroxyl groups excluding tert-OH is 1. The summed E-state index contributed by atoms with van der Waals surface area (Å²) in [5.74, 6) is 1.23. The number of nitrogens with one attached hydrogen (secondary N) is 1. The van der Waals surface area contributed by atoms with Gasteiger partial charge in [-0.15, -0.1) is 0 Å². The first kappa shape index (κ1) is 13.8. The molecule has 2 N–H and O–H groups in total. The summed E-state index contributed by atoms with van der Waals surface area (Å²) in [6.45, 7) is 5.21. The maximum Gasteiger partial charge on any atom is 0.317 e. The Morgan fingerprint density at radius 1 is 1.63 bits per heavy atom. The Bertz CT molecular complexity index is 432. The van der Waals surface area contributed by atoms with E-state index in [1.807, 2.05) is 13.8 Å². The summed E-state index contributed by atoms with van der Waals surface area (Å²) in [7, 11) is 0. The molecule has 1 aliphatic rings. The Balaban J connectivity index is 1.82. The van der Waals surface area contributed by atoms with E-state index in [4.69, 9.17) is 4.52 Å². The highest BCUT2D eigenvalue weighted by Gasteiger charge is 2.22. The Kier molecular flexibility index (Phi) is 4.36. The molecular formula is C12H20N4O3. The van der Waals surface area contributed by atoms with Gasteiger partial charge in [0.2, 0.25) is 5.89 Å². The molecular weight excluding hydrogens is 248 g/mol. The minimum Gasteiger partial charge on any atom is -0.391 e. The highest BCUT2D eigenvalue weighted by atomic mass is 16.5. The summed E-state index contributed by atoms with van der Waals surface area (Å²) in [6, 6.07) is -0.206. The van der Waals surface area contributed by atoms with Crippen molar-refractivity contribution in [1.82, 2.24) is 20.4 Å². The number of rotatable bonds is 3. The molecule has 1 saturated heterocycles. The van der Waals surface area contributed by atoms with Crippen molar-refractivity contribution in [2.75, 3.05) is 13.1 Å². The highest BCUT2D eigenvalue weighted by Crippen LogP contribution is 2.11. The molecule has 0 bridgehead atoms. The number of piperidine rings is 1. The van der Waals surface area contributed by atoms with E-state index >= 15 is 0 Å². The number of hydrogen-bond acceptors (Lipinski definition) is 5. The highest BCUT2D eigenvalue weighted by molar-refractivity contribution is 5.74. The van der Waals surface area contributed by atoms with Crippen LogP contribution in [0.25, 0.3) is 0 Å². The molecule has 0 aliphatic carbocycles. The molecule has 2 rings (SSSR count). The SMILES string of the molecule is CC(C)c1noc(CNC(=O)N2CCC[C@H](O)C2)n1. The molecule has 2 heterocycles. The molecule has 1 aromatic rings. The second-order valence-electron chi connectivity index (χ2n) is 5.10. The number of likely N-dealkylation sites (tertiary alicyclic amines) is 1. The molecule has 1 aliphatic heterocycles. The number of β-amino-alcohol motifs (C(OH)–C–C–N with tert-alkyl or cyclic N) is 1. The fraction of sp³-hybridized carbons (Fsp3) is 0.750. The molecule has 1 atom stereocenters. The maximum atomic E-state index is 11.9. The van der Waals surface area contributed by atoms with Crippen LogP contribution in [0.15, 0.2) is 4.52 Å². The average molecular weight is 268 g/mol. The first-order valence-electron chi connectivity index (χ1n) is 6.59. The van der Waals surface area contributed by atoms with Gasteiger partial charge < -0.3 is 19.8 Å². The van der Waals surface area contributed by atoms with Crippen LogP contribution in [0.3, 0.4) is 0 Å². The topological polar surface area (TPSA) is 91.5 Å². The number of nitrogens with zero attached hydrogens (tertiary/aromatic N) is 3. The van der Waals surface area contributed by atoms with Gasteiger partial charge in [0.15, 0.2) is 5.82 Å². The summed E-state index contributed by atoms with van der Waals surface area (Å²) in [5, 5.41) is 16.1. The monoisotopic (exact) mass is 268 g/mol. The number of hydrogen-bond donors (Lipinski definition) is 2. The standard InChI is InChI=1S/C12H20N4O3/c1-8(2)11-14-10(19-15-11)6-13-12(18)16-5-3-4-9(17)7-16/h8-9,17H,3-7H2,1-2H3,(H,13,18)/t9-/m0/s1. The molecule has 1 aromatic heterocycles. The Morgan fingerprint density at radius 3 is 3.05 bits per heavy atom. The number of amides is 2. The van der Waals surface area contributed by atoms with Gasteiger partial charge in [-0.3, -0.25) is 0 Å². The molecule has 19 heavy (non-hydrogen) atoms. The lowest BCUT2D eigenvalue weighted by molar-refractivity contribution is 0.0839. The predicted molar refractivity (Wildman–Crippen MR) is 67.4 cm³/mol. The molecule has 7 heteroatoms. The van der Waals surface area contributed by atoms with Crippen LogP contribution in [-0.4, -0.2) is 45.4 Å². The van der Waals surface area contributed by atoms with Gasteiger partial charge in [0, 0.05) is 19.0 Å². The van der Waals surface area contributed by atoms with Crippen molar-refractivity contribution in [2.45, 2.75) is 45.3 Å². The fourth-order valence-electron chi connectivity index (χ4n) is 1.98. The number of urea groups is 1. The zero-order chi connectivity index (χ0) is 13.8. The predicted octanol–water partition coefficient (Wildman–Crippen LogP) is 0.859. The van der Waals surface area contributed by atoms with Crippen LogP contribution in [0.5, 0.6) is 0 Å². The number of aliphatic hydroxyl groups is 1. The van der Waals surface area contributed by atoms with Crippen molar-refractivity contribution in [2.24, 2.45) is 0 Å². The smallest absolute Gasteiger partial charge is 0.317 e. The lowest BCUT2D eigenvalue weighted by Gasteiger charge is -2.29. The molecule has 2 amide bonds. The van der Waals surface area contributed by atoms with Crippen LogP contribution in [0, 0.1) is 0 Å². The molecule has 106 valence electrons. The summed E-state index contributed by atoms with van der Waals surface area (Å²) in [4.78, 5) is 17.7. The largest absolute Gasteiger partial charge is 0.391 e. The summed E-state index contributed by atoms with van der Waals surface area (Å²) < 4.78 is 5.04. The summed E-state index contributed by atoms with van der Waals surface area (Å²) in [5.41, 5.74) is 0. The average Bonchev–Trinajstić information content (AvgIpc) is 2.85. The van der Waals surface area contributed by atoms with Crippen LogP contribution < -0.4 is 5.32 Å². The van der Waals surface area contributed by atoms with Crippen molar-refractivity contribution < 1.29 is 14.4 Å². The van der Waals surface area contributed by atoms with Crippen LogP contribution >= 0.6 is 0 Å². The number of carbonyl (C=O) groups is 1. The third-order valence-electron chi connectivity index (χ3n) is 3.07. The number of carbonyl (C=O) groups excluding carboxylic acids is 1. The molecule has 7 nitrogen and oxygen atoms in total. The van der Waals surface area contributed by atoms with Gasteiger partial charge in [0.1, 0.15) is 0 Å². The van der Waals surface area contributed by atoms with Crippen LogP contribution in [0.4, 0.5) is 4.79 Å². The second-order valence-corrected chi connectivity index (χ2v) is 5.10. The van der Waals surface area contributed by atoms with Gasteiger partial charge in [0.05, 0.1) is 12.6 Å². The van der Waals surface area contributed by atoms with Gasteiger partial charge in [0.25, 0.3) is 0 Å². The maximum absolute atomic E-state index is 11.9. The normalized spacial score (nSPS) is 19.8. The Labute approximate surface area is 112 Å². The van der Waals surface area contributed by atoms with Crippen molar-refractivity contribution in [3.05, 3.63) is 11.7 Å². The Morgan fingerprint density at radius 2 is 2.42 bits per heavy atom. The third kappa shape index (κ3) is 3.66. The first-order chi connectivity index (χ1) is 9.06. The van der Waals surface area contributed by atoms with E-state index in [2.05, 4.69) is 15.5 Å². The van der Waals surface area contributed by atoms with E-state index in [9.17, 15) is 9.90 Å². The molecule has 0 aromatic carbocycles. The third-order valence-corrected chi connectivity index (χ3v) is 3.07. The van der Waals surface area contributed by atoms with Crippen LogP contribution in [-0.2, 0) is 6.54 Å². The first-order valence-corrected chi connectivity index (χ1v) is 6.59. The van der Waals surface area contributed by atoms with E-state index in [-0.39, 0.29) is 18.5 Å². The molecule has 0 radical (unpaired) electrons. The van der Waals surface area contributed by atoms with Crippen molar-refractivity contribution in [3.63, 3.8) is 0 Å². The number of aromatic nitrogens is 2. The van der Waals surface area contributed by atoms with Crippen molar-refractivity contribution in [1.29, 1.82) is 0 Å². The van der Waals surface area contributed by atoms with Gasteiger partial charge >= 0.3 is 6.03 Å². The summed E-state index contributed by atoms with van der Waals surface area (Å²) in [6.07, 6.45) is 1.16. The lowest BCUT2D eigenvalue weighted by Crippen LogP contribution is -2.46.